The molecule has 1 saturated heterocycles. The summed E-state index contributed by atoms with van der Waals surface area (Å²) in [6, 6.07) is 0.538. The van der Waals surface area contributed by atoms with Crippen LogP contribution in [0.25, 0.3) is 0 Å². The van der Waals surface area contributed by atoms with Gasteiger partial charge in [0.25, 0.3) is 0 Å². The van der Waals surface area contributed by atoms with Crippen LogP contribution in [0.4, 0.5) is 0 Å². The standard InChI is InChI=1S/C13H23NO2/c1-14(12-7-8-16-10-12)9-11-5-3-2-4-6-13(11)15/h11-12H,2-10H2,1H3. The van der Waals surface area contributed by atoms with Crippen LogP contribution in [0.5, 0.6) is 0 Å². The van der Waals surface area contributed by atoms with Crippen molar-refractivity contribution in [1.29, 1.82) is 0 Å². The van der Waals surface area contributed by atoms with E-state index in [9.17, 15) is 4.79 Å². The van der Waals surface area contributed by atoms with Gasteiger partial charge in [-0.15, -0.1) is 0 Å². The van der Waals surface area contributed by atoms with Crippen molar-refractivity contribution < 1.29 is 9.53 Å². The normalized spacial score (nSPS) is 32.0. The largest absolute Gasteiger partial charge is 0.380 e. The van der Waals surface area contributed by atoms with E-state index in [4.69, 9.17) is 4.74 Å². The second kappa shape index (κ2) is 5.78. The van der Waals surface area contributed by atoms with E-state index < -0.39 is 0 Å². The number of hydrogen-bond acceptors (Lipinski definition) is 3. The summed E-state index contributed by atoms with van der Waals surface area (Å²) < 4.78 is 5.39. The Kier molecular flexibility index (Phi) is 4.36. The Balaban J connectivity index is 1.83. The van der Waals surface area contributed by atoms with Gasteiger partial charge in [-0.2, -0.15) is 0 Å². The van der Waals surface area contributed by atoms with Gasteiger partial charge in [0.05, 0.1) is 6.61 Å². The summed E-state index contributed by atoms with van der Waals surface area (Å²) in [5, 5.41) is 0. The fraction of sp³-hybridized carbons (Fsp3) is 0.923. The molecule has 2 aliphatic rings. The summed E-state index contributed by atoms with van der Waals surface area (Å²) in [5.74, 6) is 0.774. The summed E-state index contributed by atoms with van der Waals surface area (Å²) in [7, 11) is 2.14. The molecule has 1 aliphatic carbocycles. The second-order valence-electron chi connectivity index (χ2n) is 5.22. The van der Waals surface area contributed by atoms with Gasteiger partial charge in [-0.05, 0) is 26.3 Å². The molecular weight excluding hydrogens is 202 g/mol. The molecule has 3 heteroatoms. The maximum Gasteiger partial charge on any atom is 0.137 e. The van der Waals surface area contributed by atoms with Gasteiger partial charge in [-0.3, -0.25) is 4.79 Å². The average molecular weight is 225 g/mol. The lowest BCUT2D eigenvalue weighted by atomic mass is 9.98. The van der Waals surface area contributed by atoms with Gasteiger partial charge in [0.15, 0.2) is 0 Å². The number of ketones is 1. The van der Waals surface area contributed by atoms with E-state index in [-0.39, 0.29) is 5.92 Å². The van der Waals surface area contributed by atoms with Crippen LogP contribution in [0.1, 0.15) is 38.5 Å². The molecule has 2 rings (SSSR count). The minimum atomic E-state index is 0.285. The first-order valence-corrected chi connectivity index (χ1v) is 6.58. The third-order valence-electron chi connectivity index (χ3n) is 3.97. The van der Waals surface area contributed by atoms with Crippen LogP contribution in [-0.4, -0.2) is 43.5 Å². The maximum absolute atomic E-state index is 11.9. The van der Waals surface area contributed by atoms with Gasteiger partial charge >= 0.3 is 0 Å². The zero-order chi connectivity index (χ0) is 11.4. The number of Topliss-reactive ketones (excluding diaryl/α,β-unsaturated/α-hetero) is 1. The molecule has 2 atom stereocenters. The summed E-state index contributed by atoms with van der Waals surface area (Å²) in [6.07, 6.45) is 6.59. The number of hydrogen-bond donors (Lipinski definition) is 0. The molecule has 1 heterocycles. The van der Waals surface area contributed by atoms with Crippen molar-refractivity contribution in [2.45, 2.75) is 44.6 Å². The zero-order valence-corrected chi connectivity index (χ0v) is 10.3. The van der Waals surface area contributed by atoms with Gasteiger partial charge in [0, 0.05) is 31.5 Å². The summed E-state index contributed by atoms with van der Waals surface area (Å²) in [5.41, 5.74) is 0. The molecule has 0 amide bonds. The van der Waals surface area contributed by atoms with Gasteiger partial charge in [-0.25, -0.2) is 0 Å². The first kappa shape index (κ1) is 12.1. The number of likely N-dealkylation sites (N-methyl/N-ethyl adjacent to an activating group) is 1. The highest BCUT2D eigenvalue weighted by molar-refractivity contribution is 5.81. The monoisotopic (exact) mass is 225 g/mol. The van der Waals surface area contributed by atoms with E-state index in [2.05, 4.69) is 11.9 Å². The van der Waals surface area contributed by atoms with Crippen LogP contribution in [0, 0.1) is 5.92 Å². The van der Waals surface area contributed by atoms with E-state index in [0.29, 0.717) is 11.8 Å². The van der Waals surface area contributed by atoms with E-state index >= 15 is 0 Å². The first-order chi connectivity index (χ1) is 7.77. The molecule has 92 valence electrons. The average Bonchev–Trinajstić information content (AvgIpc) is 2.73. The minimum absolute atomic E-state index is 0.285. The smallest absolute Gasteiger partial charge is 0.137 e. The van der Waals surface area contributed by atoms with Crippen molar-refractivity contribution in [1.82, 2.24) is 4.90 Å². The Morgan fingerprint density at radius 3 is 2.94 bits per heavy atom. The van der Waals surface area contributed by atoms with Crippen LogP contribution in [0.3, 0.4) is 0 Å². The van der Waals surface area contributed by atoms with Crippen LogP contribution < -0.4 is 0 Å². The summed E-state index contributed by atoms with van der Waals surface area (Å²) in [4.78, 5) is 14.2. The lowest BCUT2D eigenvalue weighted by Gasteiger charge is -2.26. The Morgan fingerprint density at radius 2 is 2.19 bits per heavy atom. The van der Waals surface area contributed by atoms with Crippen LogP contribution >= 0.6 is 0 Å². The predicted octanol–water partition coefficient (Wildman–Crippen LogP) is 1.86. The quantitative estimate of drug-likeness (QED) is 0.687. The van der Waals surface area contributed by atoms with Gasteiger partial charge in [0.2, 0.25) is 0 Å². The number of ether oxygens (including phenoxy) is 1. The minimum Gasteiger partial charge on any atom is -0.380 e. The molecule has 0 bridgehead atoms. The summed E-state index contributed by atoms with van der Waals surface area (Å²) in [6.45, 7) is 2.66. The Labute approximate surface area is 98.1 Å². The number of carbonyl (C=O) groups excluding carboxylic acids is 1. The van der Waals surface area contributed by atoms with Crippen LogP contribution in [-0.2, 0) is 9.53 Å². The van der Waals surface area contributed by atoms with Crippen molar-refractivity contribution in [3.8, 4) is 0 Å². The van der Waals surface area contributed by atoms with Gasteiger partial charge in [-0.1, -0.05) is 12.8 Å². The fourth-order valence-electron chi connectivity index (χ4n) is 2.79. The van der Waals surface area contributed by atoms with E-state index in [1.54, 1.807) is 0 Å². The fourth-order valence-corrected chi connectivity index (χ4v) is 2.79. The van der Waals surface area contributed by atoms with Crippen molar-refractivity contribution in [3.63, 3.8) is 0 Å². The Bertz CT molecular complexity index is 236. The molecule has 2 unspecified atom stereocenters. The van der Waals surface area contributed by atoms with Gasteiger partial charge < -0.3 is 9.64 Å². The van der Waals surface area contributed by atoms with Crippen molar-refractivity contribution >= 4 is 5.78 Å². The molecular formula is C13H23NO2. The maximum atomic E-state index is 11.9. The third-order valence-corrected chi connectivity index (χ3v) is 3.97. The Morgan fingerprint density at radius 1 is 1.31 bits per heavy atom. The molecule has 0 radical (unpaired) electrons. The number of carbonyl (C=O) groups is 1. The highest BCUT2D eigenvalue weighted by Crippen LogP contribution is 2.22. The van der Waals surface area contributed by atoms with E-state index in [1.165, 1.54) is 12.8 Å². The first-order valence-electron chi connectivity index (χ1n) is 6.58. The highest BCUT2D eigenvalue weighted by atomic mass is 16.5. The predicted molar refractivity (Wildman–Crippen MR) is 63.4 cm³/mol. The molecule has 3 nitrogen and oxygen atoms in total. The van der Waals surface area contributed by atoms with Crippen molar-refractivity contribution in [3.05, 3.63) is 0 Å². The molecule has 0 spiro atoms. The van der Waals surface area contributed by atoms with Crippen LogP contribution in [0.15, 0.2) is 0 Å². The molecule has 0 N–H and O–H groups in total. The highest BCUT2D eigenvalue weighted by Gasteiger charge is 2.26. The third kappa shape index (κ3) is 3.05. The molecule has 1 saturated carbocycles. The van der Waals surface area contributed by atoms with E-state index in [0.717, 1.165) is 45.4 Å². The molecule has 2 fully saturated rings. The molecule has 0 aromatic rings. The number of nitrogens with zero attached hydrogens (tertiary/aromatic N) is 1. The zero-order valence-electron chi connectivity index (χ0n) is 10.3. The number of rotatable bonds is 3. The van der Waals surface area contributed by atoms with Crippen molar-refractivity contribution in [2.75, 3.05) is 26.8 Å². The second-order valence-corrected chi connectivity index (χ2v) is 5.22. The molecule has 1 aliphatic heterocycles. The topological polar surface area (TPSA) is 29.5 Å². The SMILES string of the molecule is CN(CC1CCCCCC1=O)C1CCOC1. The molecule has 0 aromatic carbocycles. The Hall–Kier alpha value is -0.410. The molecule has 0 aromatic heterocycles. The lowest BCUT2D eigenvalue weighted by molar-refractivity contribution is -0.123. The van der Waals surface area contributed by atoms with Crippen LogP contribution in [0.2, 0.25) is 0 Å². The summed E-state index contributed by atoms with van der Waals surface area (Å²) >= 11 is 0. The van der Waals surface area contributed by atoms with Crippen molar-refractivity contribution in [2.24, 2.45) is 5.92 Å². The molecule has 16 heavy (non-hydrogen) atoms. The lowest BCUT2D eigenvalue weighted by Crippen LogP contribution is -2.37. The van der Waals surface area contributed by atoms with E-state index in [1.807, 2.05) is 0 Å². The van der Waals surface area contributed by atoms with Gasteiger partial charge in [0.1, 0.15) is 5.78 Å².